The fourth-order valence-electron chi connectivity index (χ4n) is 1.69. The summed E-state index contributed by atoms with van der Waals surface area (Å²) >= 11 is 5.56. The summed E-state index contributed by atoms with van der Waals surface area (Å²) < 4.78 is 39.8. The highest BCUT2D eigenvalue weighted by atomic mass is 35.5. The fraction of sp³-hybridized carbons (Fsp3) is 0.500. The van der Waals surface area contributed by atoms with Crippen molar-refractivity contribution in [2.75, 3.05) is 12.3 Å². The van der Waals surface area contributed by atoms with Gasteiger partial charge in [0, 0.05) is 12.2 Å². The Hall–Kier alpha value is -0.890. The number of nitrogens with one attached hydrogen (secondary N) is 1. The molecule has 0 saturated carbocycles. The Kier molecular flexibility index (Phi) is 5.76. The molecule has 5 nitrogen and oxygen atoms in total. The van der Waals surface area contributed by atoms with Crippen molar-refractivity contribution in [2.45, 2.75) is 31.3 Å². The highest BCUT2D eigenvalue weighted by Gasteiger charge is 2.22. The summed E-state index contributed by atoms with van der Waals surface area (Å²) in [6.07, 6.45) is -0.410. The standard InChI is InChI=1S/C12H18ClFN2O3S/c1-7(2)3-9(17)6-16-20(18,19)11-5-8(15)4-10(13)12(11)14/h4-5,7,9,16-17H,3,6,15H2,1-2H3. The van der Waals surface area contributed by atoms with Crippen LogP contribution in [0.2, 0.25) is 5.02 Å². The molecule has 0 saturated heterocycles. The van der Waals surface area contributed by atoms with Gasteiger partial charge < -0.3 is 10.8 Å². The van der Waals surface area contributed by atoms with Crippen molar-refractivity contribution in [3.8, 4) is 0 Å². The maximum Gasteiger partial charge on any atom is 0.243 e. The Morgan fingerprint density at radius 2 is 2.05 bits per heavy atom. The summed E-state index contributed by atoms with van der Waals surface area (Å²) in [6, 6.07) is 2.11. The molecule has 0 aliphatic rings. The molecule has 0 fully saturated rings. The van der Waals surface area contributed by atoms with E-state index in [0.29, 0.717) is 6.42 Å². The first-order valence-corrected chi connectivity index (χ1v) is 7.92. The minimum atomic E-state index is -4.12. The van der Waals surface area contributed by atoms with E-state index in [2.05, 4.69) is 4.72 Å². The third-order valence-electron chi connectivity index (χ3n) is 2.56. The van der Waals surface area contributed by atoms with E-state index in [4.69, 9.17) is 17.3 Å². The van der Waals surface area contributed by atoms with E-state index in [0.717, 1.165) is 12.1 Å². The molecular weight excluding hydrogens is 307 g/mol. The van der Waals surface area contributed by atoms with E-state index < -0.39 is 26.8 Å². The van der Waals surface area contributed by atoms with Crippen LogP contribution in [0.5, 0.6) is 0 Å². The van der Waals surface area contributed by atoms with Crippen LogP contribution >= 0.6 is 11.6 Å². The Balaban J connectivity index is 2.90. The molecule has 0 amide bonds. The molecular formula is C12H18ClFN2O3S. The van der Waals surface area contributed by atoms with E-state index in [1.165, 1.54) is 0 Å². The van der Waals surface area contributed by atoms with Crippen LogP contribution < -0.4 is 10.5 Å². The number of aliphatic hydroxyl groups excluding tert-OH is 1. The molecule has 114 valence electrons. The largest absolute Gasteiger partial charge is 0.399 e. The van der Waals surface area contributed by atoms with Crippen LogP contribution in [0.1, 0.15) is 20.3 Å². The highest BCUT2D eigenvalue weighted by molar-refractivity contribution is 7.89. The average molecular weight is 325 g/mol. The fourth-order valence-corrected chi connectivity index (χ4v) is 3.18. The topological polar surface area (TPSA) is 92.4 Å². The van der Waals surface area contributed by atoms with Crippen molar-refractivity contribution in [1.29, 1.82) is 0 Å². The third kappa shape index (κ3) is 4.59. The number of anilines is 1. The number of sulfonamides is 1. The monoisotopic (exact) mass is 324 g/mol. The molecule has 0 aromatic heterocycles. The number of aliphatic hydroxyl groups is 1. The summed E-state index contributed by atoms with van der Waals surface area (Å²) in [5.74, 6) is -0.847. The van der Waals surface area contributed by atoms with Gasteiger partial charge in [0.05, 0.1) is 11.1 Å². The van der Waals surface area contributed by atoms with Crippen LogP contribution in [0.4, 0.5) is 10.1 Å². The molecule has 0 aliphatic heterocycles. The van der Waals surface area contributed by atoms with Crippen LogP contribution in [0.15, 0.2) is 17.0 Å². The van der Waals surface area contributed by atoms with Crippen molar-refractivity contribution in [3.63, 3.8) is 0 Å². The zero-order valence-corrected chi connectivity index (χ0v) is 12.8. The molecule has 0 bridgehead atoms. The van der Waals surface area contributed by atoms with E-state index in [9.17, 15) is 17.9 Å². The number of hydrogen-bond acceptors (Lipinski definition) is 4. The van der Waals surface area contributed by atoms with Gasteiger partial charge in [0.1, 0.15) is 4.90 Å². The smallest absolute Gasteiger partial charge is 0.243 e. The van der Waals surface area contributed by atoms with Gasteiger partial charge in [-0.2, -0.15) is 0 Å². The molecule has 0 spiro atoms. The lowest BCUT2D eigenvalue weighted by Gasteiger charge is -2.14. The van der Waals surface area contributed by atoms with Gasteiger partial charge in [-0.25, -0.2) is 17.5 Å². The van der Waals surface area contributed by atoms with Crippen molar-refractivity contribution in [1.82, 2.24) is 4.72 Å². The van der Waals surface area contributed by atoms with Gasteiger partial charge in [-0.15, -0.1) is 0 Å². The number of benzene rings is 1. The molecule has 1 aromatic rings. The second-order valence-electron chi connectivity index (χ2n) is 4.95. The molecule has 20 heavy (non-hydrogen) atoms. The van der Waals surface area contributed by atoms with E-state index in [1.54, 1.807) is 0 Å². The van der Waals surface area contributed by atoms with Gasteiger partial charge in [-0.3, -0.25) is 0 Å². The van der Waals surface area contributed by atoms with Gasteiger partial charge >= 0.3 is 0 Å². The number of rotatable bonds is 6. The SMILES string of the molecule is CC(C)CC(O)CNS(=O)(=O)c1cc(N)cc(Cl)c1F. The van der Waals surface area contributed by atoms with Crippen LogP contribution in [-0.2, 0) is 10.0 Å². The van der Waals surface area contributed by atoms with E-state index in [1.807, 2.05) is 13.8 Å². The molecule has 8 heteroatoms. The highest BCUT2D eigenvalue weighted by Crippen LogP contribution is 2.25. The van der Waals surface area contributed by atoms with Crippen molar-refractivity contribution in [2.24, 2.45) is 5.92 Å². The lowest BCUT2D eigenvalue weighted by molar-refractivity contribution is 0.152. The normalized spacial score (nSPS) is 13.7. The summed E-state index contributed by atoms with van der Waals surface area (Å²) in [7, 11) is -4.12. The number of nitrogen functional groups attached to an aromatic ring is 1. The Morgan fingerprint density at radius 3 is 2.60 bits per heavy atom. The maximum atomic E-state index is 13.7. The molecule has 1 rings (SSSR count). The summed E-state index contributed by atoms with van der Waals surface area (Å²) in [5, 5.41) is 9.27. The first-order valence-electron chi connectivity index (χ1n) is 6.05. The molecule has 4 N–H and O–H groups in total. The minimum absolute atomic E-state index is 0.0412. The number of hydrogen-bond donors (Lipinski definition) is 3. The molecule has 0 radical (unpaired) electrons. The van der Waals surface area contributed by atoms with Gasteiger partial charge in [0.25, 0.3) is 0 Å². The molecule has 1 atom stereocenters. The van der Waals surface area contributed by atoms with Gasteiger partial charge in [-0.05, 0) is 24.5 Å². The molecule has 0 aliphatic carbocycles. The van der Waals surface area contributed by atoms with Crippen LogP contribution in [-0.4, -0.2) is 26.2 Å². The number of nitrogens with two attached hydrogens (primary N) is 1. The minimum Gasteiger partial charge on any atom is -0.399 e. The lowest BCUT2D eigenvalue weighted by atomic mass is 10.1. The van der Waals surface area contributed by atoms with Gasteiger partial charge in [-0.1, -0.05) is 25.4 Å². The zero-order chi connectivity index (χ0) is 15.5. The Morgan fingerprint density at radius 1 is 1.45 bits per heavy atom. The van der Waals surface area contributed by atoms with Crippen molar-refractivity contribution < 1.29 is 17.9 Å². The summed E-state index contributed by atoms with van der Waals surface area (Å²) in [6.45, 7) is 3.59. The average Bonchev–Trinajstić information content (AvgIpc) is 2.30. The van der Waals surface area contributed by atoms with Gasteiger partial charge in [0.15, 0.2) is 5.82 Å². The van der Waals surface area contributed by atoms with Crippen molar-refractivity contribution in [3.05, 3.63) is 23.0 Å². The Labute approximate surface area is 123 Å². The quantitative estimate of drug-likeness (QED) is 0.695. The lowest BCUT2D eigenvalue weighted by Crippen LogP contribution is -2.33. The second-order valence-corrected chi connectivity index (χ2v) is 7.09. The van der Waals surface area contributed by atoms with Crippen molar-refractivity contribution >= 4 is 27.3 Å². The van der Waals surface area contributed by atoms with Crippen LogP contribution in [0, 0.1) is 11.7 Å². The molecule has 1 aromatic carbocycles. The molecule has 1 unspecified atom stereocenters. The Bertz CT molecular complexity index is 578. The van der Waals surface area contributed by atoms with Gasteiger partial charge in [0.2, 0.25) is 10.0 Å². The first kappa shape index (κ1) is 17.2. The summed E-state index contributed by atoms with van der Waals surface area (Å²) in [4.78, 5) is -0.626. The van der Waals surface area contributed by atoms with E-state index >= 15 is 0 Å². The predicted molar refractivity (Wildman–Crippen MR) is 76.5 cm³/mol. The van der Waals surface area contributed by atoms with Crippen LogP contribution in [0.3, 0.4) is 0 Å². The summed E-state index contributed by atoms with van der Waals surface area (Å²) in [5.41, 5.74) is 5.50. The van der Waals surface area contributed by atoms with E-state index in [-0.39, 0.29) is 23.2 Å². The second kappa shape index (κ2) is 6.71. The molecule has 0 heterocycles. The van der Waals surface area contributed by atoms with Crippen LogP contribution in [0.25, 0.3) is 0 Å². The predicted octanol–water partition coefficient (Wildman–Crippen LogP) is 1.75. The first-order chi connectivity index (χ1) is 9.13. The maximum absolute atomic E-state index is 13.7. The zero-order valence-electron chi connectivity index (χ0n) is 11.2. The number of halogens is 2. The third-order valence-corrected chi connectivity index (χ3v) is 4.26.